The Kier molecular flexibility index (Phi) is 6.11. The van der Waals surface area contributed by atoms with E-state index >= 15 is 0 Å². The van der Waals surface area contributed by atoms with Gasteiger partial charge in [-0.1, -0.05) is 11.2 Å². The minimum Gasteiger partial charge on any atom is -0.409 e. The maximum atomic E-state index is 9.16. The summed E-state index contributed by atoms with van der Waals surface area (Å²) in [6, 6.07) is 5.64. The van der Waals surface area contributed by atoms with Crippen molar-refractivity contribution < 1.29 is 15.1 Å². The topological polar surface area (TPSA) is 91.3 Å². The Morgan fingerprint density at radius 3 is 2.74 bits per heavy atom. The van der Waals surface area contributed by atoms with Gasteiger partial charge in [-0.2, -0.15) is 0 Å². The number of aliphatic hydroxyl groups excluding tert-OH is 1. The van der Waals surface area contributed by atoms with Gasteiger partial charge in [0.1, 0.15) is 0 Å². The van der Waals surface area contributed by atoms with E-state index in [-0.39, 0.29) is 12.4 Å². The molecule has 0 amide bonds. The zero-order valence-electron chi connectivity index (χ0n) is 11.3. The number of nitrogens with two attached hydrogens (primary N) is 1. The Morgan fingerprint density at radius 2 is 2.16 bits per heavy atom. The van der Waals surface area contributed by atoms with Crippen molar-refractivity contribution >= 4 is 11.5 Å². The first kappa shape index (κ1) is 15.3. The lowest BCUT2D eigenvalue weighted by Crippen LogP contribution is -2.32. The Hall–Kier alpha value is -1.79. The summed E-state index contributed by atoms with van der Waals surface area (Å²) < 4.78 is 5.06. The third-order valence-corrected chi connectivity index (χ3v) is 2.81. The molecule has 19 heavy (non-hydrogen) atoms. The highest BCUT2D eigenvalue weighted by Crippen LogP contribution is 2.22. The summed E-state index contributed by atoms with van der Waals surface area (Å²) in [6.07, 6.45) is 0. The summed E-state index contributed by atoms with van der Waals surface area (Å²) in [4.78, 5) is 1.95. The van der Waals surface area contributed by atoms with Crippen LogP contribution >= 0.6 is 0 Å². The number of ether oxygens (including phenoxy) is 1. The second-order valence-electron chi connectivity index (χ2n) is 4.21. The van der Waals surface area contributed by atoms with Crippen LogP contribution in [0.4, 0.5) is 5.69 Å². The average molecular weight is 267 g/mol. The van der Waals surface area contributed by atoms with Gasteiger partial charge in [0.15, 0.2) is 5.84 Å². The molecule has 0 fully saturated rings. The molecule has 1 aromatic rings. The van der Waals surface area contributed by atoms with Crippen molar-refractivity contribution in [2.45, 2.75) is 6.92 Å². The first-order chi connectivity index (χ1) is 9.13. The van der Waals surface area contributed by atoms with E-state index in [0.29, 0.717) is 25.3 Å². The van der Waals surface area contributed by atoms with E-state index in [4.69, 9.17) is 20.8 Å². The van der Waals surface area contributed by atoms with Gasteiger partial charge in [0, 0.05) is 31.5 Å². The molecule has 0 saturated carbocycles. The Morgan fingerprint density at radius 1 is 1.42 bits per heavy atom. The number of nitrogens with zero attached hydrogens (tertiary/aromatic N) is 2. The molecule has 1 rings (SSSR count). The number of methoxy groups -OCH3 is 1. The zero-order chi connectivity index (χ0) is 14.3. The molecule has 0 atom stereocenters. The molecule has 0 aliphatic heterocycles. The maximum Gasteiger partial charge on any atom is 0.172 e. The molecule has 6 nitrogen and oxygen atoms in total. The van der Waals surface area contributed by atoms with E-state index in [1.165, 1.54) is 0 Å². The summed E-state index contributed by atoms with van der Waals surface area (Å²) in [7, 11) is 1.62. The number of hydrogen-bond donors (Lipinski definition) is 3. The normalized spacial score (nSPS) is 11.6. The number of anilines is 1. The Labute approximate surface area is 113 Å². The van der Waals surface area contributed by atoms with Gasteiger partial charge >= 0.3 is 0 Å². The zero-order valence-corrected chi connectivity index (χ0v) is 11.3. The molecule has 0 aliphatic rings. The number of hydrogen-bond acceptors (Lipinski definition) is 5. The second-order valence-corrected chi connectivity index (χ2v) is 4.21. The first-order valence-electron chi connectivity index (χ1n) is 6.07. The molecule has 0 bridgehead atoms. The highest BCUT2D eigenvalue weighted by atomic mass is 16.5. The predicted octanol–water partition coefficient (Wildman–Crippen LogP) is 0.535. The summed E-state index contributed by atoms with van der Waals surface area (Å²) in [5.41, 5.74) is 8.20. The van der Waals surface area contributed by atoms with Crippen LogP contribution in [0.5, 0.6) is 0 Å². The van der Waals surface area contributed by atoms with Crippen LogP contribution in [0.2, 0.25) is 0 Å². The third-order valence-electron chi connectivity index (χ3n) is 2.81. The molecule has 4 N–H and O–H groups in total. The van der Waals surface area contributed by atoms with Crippen molar-refractivity contribution in [2.75, 3.05) is 38.3 Å². The molecule has 0 saturated heterocycles. The van der Waals surface area contributed by atoms with E-state index in [0.717, 1.165) is 11.3 Å². The van der Waals surface area contributed by atoms with Gasteiger partial charge in [0.05, 0.1) is 13.2 Å². The Balaban J connectivity index is 3.14. The van der Waals surface area contributed by atoms with Crippen LogP contribution in [-0.2, 0) is 4.74 Å². The van der Waals surface area contributed by atoms with Gasteiger partial charge in [-0.25, -0.2) is 0 Å². The highest BCUT2D eigenvalue weighted by molar-refractivity contribution is 6.02. The molecule has 0 aromatic heterocycles. The van der Waals surface area contributed by atoms with Crippen molar-refractivity contribution in [3.05, 3.63) is 29.3 Å². The van der Waals surface area contributed by atoms with Gasteiger partial charge in [-0.3, -0.25) is 0 Å². The largest absolute Gasteiger partial charge is 0.409 e. The molecule has 0 unspecified atom stereocenters. The molecular weight excluding hydrogens is 246 g/mol. The fraction of sp³-hybridized carbons (Fsp3) is 0.462. The minimum atomic E-state index is 0.0211. The number of benzene rings is 1. The van der Waals surface area contributed by atoms with Crippen molar-refractivity contribution in [2.24, 2.45) is 10.9 Å². The lowest BCUT2D eigenvalue weighted by Gasteiger charge is -2.26. The SMILES string of the molecule is COCCN(CCO)c1cc(C)ccc1/C(N)=N/O. The van der Waals surface area contributed by atoms with Gasteiger partial charge in [0.2, 0.25) is 0 Å². The van der Waals surface area contributed by atoms with Crippen LogP contribution in [0.1, 0.15) is 11.1 Å². The minimum absolute atomic E-state index is 0.0211. The van der Waals surface area contributed by atoms with E-state index in [2.05, 4.69) is 5.16 Å². The van der Waals surface area contributed by atoms with E-state index < -0.39 is 0 Å². The number of aryl methyl sites for hydroxylation is 1. The summed E-state index contributed by atoms with van der Waals surface area (Å²) in [5.74, 6) is 0.0513. The van der Waals surface area contributed by atoms with Crippen molar-refractivity contribution in [1.29, 1.82) is 0 Å². The number of amidine groups is 1. The Bertz CT molecular complexity index is 435. The monoisotopic (exact) mass is 267 g/mol. The fourth-order valence-electron chi connectivity index (χ4n) is 1.85. The van der Waals surface area contributed by atoms with Crippen molar-refractivity contribution in [3.63, 3.8) is 0 Å². The van der Waals surface area contributed by atoms with E-state index in [1.54, 1.807) is 13.2 Å². The molecule has 0 aliphatic carbocycles. The molecule has 1 aromatic carbocycles. The van der Waals surface area contributed by atoms with E-state index in [9.17, 15) is 0 Å². The molecule has 0 radical (unpaired) electrons. The second kappa shape index (κ2) is 7.60. The third kappa shape index (κ3) is 4.11. The average Bonchev–Trinajstić information content (AvgIpc) is 2.42. The first-order valence-corrected chi connectivity index (χ1v) is 6.07. The number of rotatable bonds is 7. The molecular formula is C13H21N3O3. The van der Waals surface area contributed by atoms with Gasteiger partial charge < -0.3 is 25.7 Å². The summed E-state index contributed by atoms with van der Waals surface area (Å²) >= 11 is 0. The van der Waals surface area contributed by atoms with Gasteiger partial charge in [0.25, 0.3) is 0 Å². The summed E-state index contributed by atoms with van der Waals surface area (Å²) in [6.45, 7) is 3.59. The smallest absolute Gasteiger partial charge is 0.172 e. The lowest BCUT2D eigenvalue weighted by atomic mass is 10.1. The van der Waals surface area contributed by atoms with Crippen LogP contribution in [0.3, 0.4) is 0 Å². The lowest BCUT2D eigenvalue weighted by molar-refractivity contribution is 0.203. The highest BCUT2D eigenvalue weighted by Gasteiger charge is 2.14. The van der Waals surface area contributed by atoms with Crippen LogP contribution in [-0.4, -0.2) is 49.6 Å². The van der Waals surface area contributed by atoms with Gasteiger partial charge in [-0.15, -0.1) is 0 Å². The van der Waals surface area contributed by atoms with Crippen LogP contribution < -0.4 is 10.6 Å². The molecule has 0 heterocycles. The quantitative estimate of drug-likeness (QED) is 0.290. The van der Waals surface area contributed by atoms with Crippen LogP contribution in [0, 0.1) is 6.92 Å². The molecule has 106 valence electrons. The maximum absolute atomic E-state index is 9.16. The number of aliphatic hydroxyl groups is 1. The predicted molar refractivity (Wildman–Crippen MR) is 74.9 cm³/mol. The molecule has 6 heteroatoms. The van der Waals surface area contributed by atoms with Crippen LogP contribution in [0.15, 0.2) is 23.4 Å². The van der Waals surface area contributed by atoms with Crippen molar-refractivity contribution in [1.82, 2.24) is 0 Å². The van der Waals surface area contributed by atoms with Crippen LogP contribution in [0.25, 0.3) is 0 Å². The molecule has 0 spiro atoms. The summed E-state index contributed by atoms with van der Waals surface area (Å²) in [5, 5.41) is 21.0. The van der Waals surface area contributed by atoms with Crippen molar-refractivity contribution in [3.8, 4) is 0 Å². The number of oxime groups is 1. The fourth-order valence-corrected chi connectivity index (χ4v) is 1.85. The standard InChI is InChI=1S/C13H21N3O3/c1-10-3-4-11(13(14)15-18)12(9-10)16(5-7-17)6-8-19-2/h3-4,9,17-18H,5-8H2,1-2H3,(H2,14,15). The van der Waals surface area contributed by atoms with E-state index in [1.807, 2.05) is 24.0 Å². The van der Waals surface area contributed by atoms with Gasteiger partial charge in [-0.05, 0) is 24.6 Å².